The van der Waals surface area contributed by atoms with Gasteiger partial charge in [-0.15, -0.1) is 6.58 Å². The van der Waals surface area contributed by atoms with Crippen molar-refractivity contribution in [3.05, 3.63) is 59.7 Å². The molecular formula is C32H38O8. The predicted molar refractivity (Wildman–Crippen MR) is 144 cm³/mol. The zero-order valence-corrected chi connectivity index (χ0v) is 23.5. The number of fused-ring (bicyclic) bond motifs is 4. The maximum absolute atomic E-state index is 14.9. The van der Waals surface area contributed by atoms with Gasteiger partial charge in [0.05, 0.1) is 24.2 Å². The fraction of sp³-hybridized carbons (Fsp3) is 0.594. The summed E-state index contributed by atoms with van der Waals surface area (Å²) in [5.41, 5.74) is -3.48. The van der Waals surface area contributed by atoms with Crippen LogP contribution in [-0.2, 0) is 23.8 Å². The van der Waals surface area contributed by atoms with Crippen molar-refractivity contribution in [1.82, 2.24) is 0 Å². The molecule has 5 aliphatic rings. The third-order valence-corrected chi connectivity index (χ3v) is 10.8. The maximum Gasteiger partial charge on any atom is 0.338 e. The van der Waals surface area contributed by atoms with Crippen LogP contribution in [0, 0.1) is 28.6 Å². The molecule has 0 unspecified atom stereocenters. The van der Waals surface area contributed by atoms with Gasteiger partial charge in [-0.05, 0) is 55.4 Å². The number of allylic oxidation sites excluding steroid dienone is 1. The largest absolute Gasteiger partial charge is 0.455 e. The Morgan fingerprint density at radius 2 is 1.90 bits per heavy atom. The lowest BCUT2D eigenvalue weighted by atomic mass is 9.47. The number of Topliss-reactive ketones (excluding diaryl/α,β-unsaturated/α-hetero) is 1. The van der Waals surface area contributed by atoms with Crippen molar-refractivity contribution in [2.45, 2.75) is 82.9 Å². The summed E-state index contributed by atoms with van der Waals surface area (Å²) in [5, 5.41) is 24.3. The zero-order chi connectivity index (χ0) is 28.8. The van der Waals surface area contributed by atoms with Crippen LogP contribution in [-0.4, -0.2) is 64.1 Å². The van der Waals surface area contributed by atoms with Crippen LogP contribution in [0.3, 0.4) is 0 Å². The fourth-order valence-corrected chi connectivity index (χ4v) is 8.89. The van der Waals surface area contributed by atoms with Crippen molar-refractivity contribution >= 4 is 17.7 Å². The first-order valence-corrected chi connectivity index (χ1v) is 14.2. The Kier molecular flexibility index (Phi) is 6.05. The fourth-order valence-electron chi connectivity index (χ4n) is 8.89. The molecule has 9 atom stereocenters. The molecule has 214 valence electrons. The predicted octanol–water partition coefficient (Wildman–Crippen LogP) is 3.55. The monoisotopic (exact) mass is 550 g/mol. The minimum atomic E-state index is -1.79. The highest BCUT2D eigenvalue weighted by atomic mass is 16.6. The van der Waals surface area contributed by atoms with Gasteiger partial charge in [0, 0.05) is 30.1 Å². The maximum atomic E-state index is 14.9. The van der Waals surface area contributed by atoms with E-state index in [1.54, 1.807) is 36.4 Å². The molecule has 0 amide bonds. The number of hydrogen-bond acceptors (Lipinski definition) is 8. The Labute approximate surface area is 234 Å². The summed E-state index contributed by atoms with van der Waals surface area (Å²) in [5.74, 6) is -2.76. The van der Waals surface area contributed by atoms with Crippen molar-refractivity contribution in [2.24, 2.45) is 28.6 Å². The molecule has 6 rings (SSSR count). The van der Waals surface area contributed by atoms with Crippen molar-refractivity contribution in [3.63, 3.8) is 0 Å². The molecule has 1 aliphatic heterocycles. The third-order valence-electron chi connectivity index (χ3n) is 10.8. The van der Waals surface area contributed by atoms with Crippen LogP contribution >= 0.6 is 0 Å². The molecule has 40 heavy (non-hydrogen) atoms. The molecule has 4 fully saturated rings. The van der Waals surface area contributed by atoms with E-state index >= 15 is 0 Å². The summed E-state index contributed by atoms with van der Waals surface area (Å²) in [6.45, 7) is 10.8. The summed E-state index contributed by atoms with van der Waals surface area (Å²) in [4.78, 5) is 41.1. The third kappa shape index (κ3) is 3.39. The van der Waals surface area contributed by atoms with Gasteiger partial charge in [-0.1, -0.05) is 38.1 Å². The van der Waals surface area contributed by atoms with Gasteiger partial charge in [0.2, 0.25) is 0 Å². The minimum absolute atomic E-state index is 0.0291. The molecule has 1 saturated heterocycles. The second kappa shape index (κ2) is 8.84. The van der Waals surface area contributed by atoms with E-state index < -0.39 is 64.1 Å². The number of hydrogen-bond donors (Lipinski definition) is 2. The molecule has 1 aromatic carbocycles. The smallest absolute Gasteiger partial charge is 0.338 e. The summed E-state index contributed by atoms with van der Waals surface area (Å²) >= 11 is 0. The van der Waals surface area contributed by atoms with E-state index in [1.807, 2.05) is 20.8 Å². The van der Waals surface area contributed by atoms with E-state index in [0.29, 0.717) is 36.0 Å². The van der Waals surface area contributed by atoms with E-state index in [2.05, 4.69) is 6.58 Å². The number of ketones is 1. The topological polar surface area (TPSA) is 119 Å². The van der Waals surface area contributed by atoms with Gasteiger partial charge in [-0.3, -0.25) is 9.59 Å². The molecule has 1 aromatic rings. The van der Waals surface area contributed by atoms with Crippen LogP contribution < -0.4 is 0 Å². The van der Waals surface area contributed by atoms with Gasteiger partial charge in [-0.2, -0.15) is 0 Å². The van der Waals surface area contributed by atoms with Crippen LogP contribution in [0.4, 0.5) is 0 Å². The molecule has 1 heterocycles. The van der Waals surface area contributed by atoms with Gasteiger partial charge < -0.3 is 24.4 Å². The molecule has 1 spiro atoms. The van der Waals surface area contributed by atoms with Crippen molar-refractivity contribution in [2.75, 3.05) is 6.61 Å². The number of aliphatic hydroxyl groups excluding tert-OH is 1. The Bertz CT molecular complexity index is 1320. The normalized spacial score (nSPS) is 42.6. The standard InChI is InChI=1S/C32H38O8/c1-6-10-21-24-17(2)22(34)15-32(37,29(24,4)5)27(39-28(36)19-11-8-7-9-12-19)25-30(26(21)35)14-20(30)13-23-31(25,16-38-23)40-18(3)33/h6-9,11-12,20-23,25,27,34,37H,1,10,13-16H2,2-5H3/t20-,21-,22+,23-,25+,27+,30-,31+,32-/m1/s1. The number of carbonyl (C=O) groups excluding carboxylic acids is 3. The highest BCUT2D eigenvalue weighted by molar-refractivity contribution is 5.95. The van der Waals surface area contributed by atoms with Gasteiger partial charge in [-0.25, -0.2) is 4.79 Å². The van der Waals surface area contributed by atoms with Gasteiger partial charge >= 0.3 is 11.9 Å². The number of aliphatic hydroxyl groups is 2. The molecule has 8 nitrogen and oxygen atoms in total. The number of rotatable bonds is 5. The quantitative estimate of drug-likeness (QED) is 0.422. The van der Waals surface area contributed by atoms with Crippen molar-refractivity contribution < 1.29 is 38.8 Å². The van der Waals surface area contributed by atoms with Gasteiger partial charge in [0.15, 0.2) is 5.60 Å². The Hall–Kier alpha value is -2.81. The first-order chi connectivity index (χ1) is 18.8. The van der Waals surface area contributed by atoms with E-state index in [4.69, 9.17) is 14.2 Å². The average molecular weight is 551 g/mol. The van der Waals surface area contributed by atoms with Crippen molar-refractivity contribution in [3.8, 4) is 0 Å². The molecule has 0 radical (unpaired) electrons. The number of carbonyl (C=O) groups is 3. The first-order valence-electron chi connectivity index (χ1n) is 14.2. The van der Waals surface area contributed by atoms with E-state index in [-0.39, 0.29) is 24.7 Å². The van der Waals surface area contributed by atoms with Crippen LogP contribution in [0.1, 0.15) is 63.7 Å². The minimum Gasteiger partial charge on any atom is -0.455 e. The van der Waals surface area contributed by atoms with E-state index in [1.165, 1.54) is 6.92 Å². The molecule has 8 heteroatoms. The van der Waals surface area contributed by atoms with E-state index in [9.17, 15) is 24.6 Å². The lowest BCUT2D eigenvalue weighted by Crippen LogP contribution is -2.77. The molecule has 3 saturated carbocycles. The molecule has 4 aliphatic carbocycles. The highest BCUT2D eigenvalue weighted by Crippen LogP contribution is 2.75. The summed E-state index contributed by atoms with van der Waals surface area (Å²) < 4.78 is 18.4. The second-order valence-corrected chi connectivity index (χ2v) is 13.0. The zero-order valence-electron chi connectivity index (χ0n) is 23.5. The lowest BCUT2D eigenvalue weighted by molar-refractivity contribution is -0.322. The highest BCUT2D eigenvalue weighted by Gasteiger charge is 2.83. The molecule has 2 N–H and O–H groups in total. The Morgan fingerprint density at radius 3 is 2.50 bits per heavy atom. The average Bonchev–Trinajstić information content (AvgIpc) is 3.62. The first kappa shape index (κ1) is 27.4. The van der Waals surface area contributed by atoms with Crippen LogP contribution in [0.25, 0.3) is 0 Å². The summed E-state index contributed by atoms with van der Waals surface area (Å²) in [7, 11) is 0. The molecular weight excluding hydrogens is 512 g/mol. The van der Waals surface area contributed by atoms with Crippen LogP contribution in [0.15, 0.2) is 54.1 Å². The Morgan fingerprint density at radius 1 is 1.20 bits per heavy atom. The van der Waals surface area contributed by atoms with E-state index in [0.717, 1.165) is 0 Å². The SMILES string of the molecule is C=CC[C@H]1C(=O)[C@]23C[C@H]2C[C@H]2OC[C@@]2(OC(C)=O)[C@H]3[C@H](OC(=O)c2ccccc2)[C@]2(O)C[C@H](O)C(C)=C1C2(C)C. The summed E-state index contributed by atoms with van der Waals surface area (Å²) in [6.07, 6.45) is 0.201. The van der Waals surface area contributed by atoms with Gasteiger partial charge in [0.1, 0.15) is 23.6 Å². The molecule has 0 aromatic heterocycles. The number of esters is 2. The second-order valence-electron chi connectivity index (χ2n) is 13.0. The Balaban J connectivity index is 1.62. The molecule has 2 bridgehead atoms. The van der Waals surface area contributed by atoms with Gasteiger partial charge in [0.25, 0.3) is 0 Å². The van der Waals surface area contributed by atoms with Crippen LogP contribution in [0.2, 0.25) is 0 Å². The number of benzene rings is 1. The summed E-state index contributed by atoms with van der Waals surface area (Å²) in [6, 6.07) is 8.49. The lowest BCUT2D eigenvalue weighted by Gasteiger charge is -2.64. The van der Waals surface area contributed by atoms with Crippen molar-refractivity contribution in [1.29, 1.82) is 0 Å². The van der Waals surface area contributed by atoms with Crippen LogP contribution in [0.5, 0.6) is 0 Å². The number of ether oxygens (including phenoxy) is 3.